The fraction of sp³-hybridized carbons (Fsp3) is 0.391. The molecule has 2 aliphatic heterocycles. The number of carbonyl (C=O) groups excluding carboxylic acids is 1. The predicted octanol–water partition coefficient (Wildman–Crippen LogP) is 2.51. The van der Waals surface area contributed by atoms with E-state index < -0.39 is 0 Å². The minimum atomic E-state index is -0.232. The molecule has 1 fully saturated rings. The second-order valence-corrected chi connectivity index (χ2v) is 8.30. The second-order valence-electron chi connectivity index (χ2n) is 8.30. The number of hydrogen-bond donors (Lipinski definition) is 3. The molecule has 5 rings (SSSR count). The first-order valence-electron chi connectivity index (χ1n) is 11.3. The zero-order valence-electron chi connectivity index (χ0n) is 18.8. The number of nitrogens with zero attached hydrogens (tertiary/aromatic N) is 5. The number of aromatic nitrogens is 4. The third-order valence-electron chi connectivity index (χ3n) is 5.98. The fourth-order valence-corrected chi connectivity index (χ4v) is 4.38. The van der Waals surface area contributed by atoms with Gasteiger partial charge in [-0.2, -0.15) is 5.10 Å². The van der Waals surface area contributed by atoms with Crippen LogP contribution in [0.1, 0.15) is 19.4 Å². The van der Waals surface area contributed by atoms with E-state index in [0.29, 0.717) is 37.1 Å². The molecule has 2 aliphatic rings. The SMILES string of the molecule is CCNC(=O)Nc1ccc(-c2nc3c(c(N4CCOC[C@@H]4C)n2)CCn2nc(N)cc2-3)cc1. The van der Waals surface area contributed by atoms with Gasteiger partial charge in [-0.15, -0.1) is 0 Å². The summed E-state index contributed by atoms with van der Waals surface area (Å²) in [5, 5.41) is 9.96. The Labute approximate surface area is 192 Å². The highest BCUT2D eigenvalue weighted by atomic mass is 16.5. The minimum absolute atomic E-state index is 0.214. The van der Waals surface area contributed by atoms with Crippen LogP contribution in [0.2, 0.25) is 0 Å². The monoisotopic (exact) mass is 448 g/mol. The number of hydrogen-bond acceptors (Lipinski definition) is 7. The lowest BCUT2D eigenvalue weighted by atomic mass is 10.0. The van der Waals surface area contributed by atoms with Gasteiger partial charge in [0.1, 0.15) is 11.6 Å². The Morgan fingerprint density at radius 2 is 2.06 bits per heavy atom. The summed E-state index contributed by atoms with van der Waals surface area (Å²) in [5.41, 5.74) is 10.5. The number of nitrogens with one attached hydrogen (secondary N) is 2. The van der Waals surface area contributed by atoms with E-state index in [0.717, 1.165) is 47.8 Å². The van der Waals surface area contributed by atoms with Crippen molar-refractivity contribution < 1.29 is 9.53 Å². The molecule has 1 saturated heterocycles. The number of carbonyl (C=O) groups is 1. The van der Waals surface area contributed by atoms with Gasteiger partial charge in [0.25, 0.3) is 0 Å². The molecule has 2 amide bonds. The van der Waals surface area contributed by atoms with Gasteiger partial charge in [0.05, 0.1) is 30.6 Å². The molecule has 33 heavy (non-hydrogen) atoms. The maximum absolute atomic E-state index is 11.8. The van der Waals surface area contributed by atoms with Crippen molar-refractivity contribution in [2.24, 2.45) is 0 Å². The third kappa shape index (κ3) is 4.09. The molecular weight excluding hydrogens is 420 g/mol. The van der Waals surface area contributed by atoms with Crippen LogP contribution in [0, 0.1) is 0 Å². The van der Waals surface area contributed by atoms with E-state index in [-0.39, 0.29) is 12.1 Å². The van der Waals surface area contributed by atoms with Crippen LogP contribution < -0.4 is 21.3 Å². The number of morpholine rings is 1. The smallest absolute Gasteiger partial charge is 0.319 e. The van der Waals surface area contributed by atoms with Crippen molar-refractivity contribution in [3.63, 3.8) is 0 Å². The van der Waals surface area contributed by atoms with E-state index in [9.17, 15) is 4.79 Å². The van der Waals surface area contributed by atoms with Gasteiger partial charge in [0.15, 0.2) is 5.82 Å². The summed E-state index contributed by atoms with van der Waals surface area (Å²) in [7, 11) is 0. The van der Waals surface area contributed by atoms with Gasteiger partial charge in [0, 0.05) is 42.5 Å². The van der Waals surface area contributed by atoms with Gasteiger partial charge in [0.2, 0.25) is 0 Å². The van der Waals surface area contributed by atoms with Crippen LogP contribution in [0.15, 0.2) is 30.3 Å². The van der Waals surface area contributed by atoms with E-state index in [1.807, 2.05) is 41.9 Å². The summed E-state index contributed by atoms with van der Waals surface area (Å²) in [6.07, 6.45) is 0.790. The minimum Gasteiger partial charge on any atom is -0.382 e. The van der Waals surface area contributed by atoms with Gasteiger partial charge in [-0.1, -0.05) is 0 Å². The van der Waals surface area contributed by atoms with Crippen molar-refractivity contribution in [2.45, 2.75) is 32.9 Å². The Morgan fingerprint density at radius 3 is 2.82 bits per heavy atom. The average molecular weight is 449 g/mol. The molecule has 1 aromatic carbocycles. The molecule has 0 bridgehead atoms. The van der Waals surface area contributed by atoms with Crippen molar-refractivity contribution in [3.8, 4) is 22.8 Å². The molecule has 172 valence electrons. The predicted molar refractivity (Wildman–Crippen MR) is 127 cm³/mol. The number of anilines is 3. The molecular formula is C23H28N8O2. The fourth-order valence-electron chi connectivity index (χ4n) is 4.38. The van der Waals surface area contributed by atoms with Crippen LogP contribution in [0.5, 0.6) is 0 Å². The highest BCUT2D eigenvalue weighted by Crippen LogP contribution is 2.37. The van der Waals surface area contributed by atoms with Crippen LogP contribution in [-0.2, 0) is 17.7 Å². The van der Waals surface area contributed by atoms with Crippen LogP contribution in [0.4, 0.5) is 22.1 Å². The molecule has 0 unspecified atom stereocenters. The number of rotatable bonds is 4. The molecule has 4 N–H and O–H groups in total. The van der Waals surface area contributed by atoms with E-state index in [1.165, 1.54) is 0 Å². The molecule has 10 heteroatoms. The maximum Gasteiger partial charge on any atom is 0.319 e. The van der Waals surface area contributed by atoms with Gasteiger partial charge in [-0.25, -0.2) is 14.8 Å². The Bertz CT molecular complexity index is 1170. The van der Waals surface area contributed by atoms with E-state index in [1.54, 1.807) is 0 Å². The zero-order chi connectivity index (χ0) is 22.9. The van der Waals surface area contributed by atoms with E-state index in [2.05, 4.69) is 27.6 Å². The standard InChI is InChI=1S/C23H28N8O2/c1-3-25-23(32)26-16-6-4-15(5-7-16)21-27-20-17(8-9-31-18(20)12-19(24)29-31)22(28-21)30-10-11-33-13-14(30)2/h4-7,12,14H,3,8-11,13H2,1-2H3,(H2,24,29)(H2,25,26,32)/t14-/m0/s1. The van der Waals surface area contributed by atoms with E-state index >= 15 is 0 Å². The van der Waals surface area contributed by atoms with Crippen molar-refractivity contribution >= 4 is 23.4 Å². The summed E-state index contributed by atoms with van der Waals surface area (Å²) in [6, 6.07) is 9.41. The summed E-state index contributed by atoms with van der Waals surface area (Å²) in [5.74, 6) is 2.06. The first-order chi connectivity index (χ1) is 16.0. The van der Waals surface area contributed by atoms with Gasteiger partial charge >= 0.3 is 6.03 Å². The number of amides is 2. The van der Waals surface area contributed by atoms with Crippen LogP contribution >= 0.6 is 0 Å². The largest absolute Gasteiger partial charge is 0.382 e. The molecule has 0 aliphatic carbocycles. The highest BCUT2D eigenvalue weighted by molar-refractivity contribution is 5.89. The second kappa shape index (κ2) is 8.70. The molecule has 4 heterocycles. The lowest BCUT2D eigenvalue weighted by Crippen LogP contribution is -2.45. The number of benzene rings is 1. The van der Waals surface area contributed by atoms with Crippen molar-refractivity contribution in [2.75, 3.05) is 42.3 Å². The summed E-state index contributed by atoms with van der Waals surface area (Å²) in [4.78, 5) is 24.1. The first kappa shape index (κ1) is 21.2. The van der Waals surface area contributed by atoms with Gasteiger partial charge in [-0.3, -0.25) is 4.68 Å². The number of fused-ring (bicyclic) bond motifs is 3. The zero-order valence-corrected chi connectivity index (χ0v) is 18.8. The van der Waals surface area contributed by atoms with Gasteiger partial charge < -0.3 is 26.0 Å². The maximum atomic E-state index is 11.8. The van der Waals surface area contributed by atoms with Crippen LogP contribution in [0.3, 0.4) is 0 Å². The van der Waals surface area contributed by atoms with Gasteiger partial charge in [-0.05, 0) is 44.5 Å². The molecule has 0 saturated carbocycles. The lowest BCUT2D eigenvalue weighted by Gasteiger charge is -2.36. The molecule has 1 atom stereocenters. The van der Waals surface area contributed by atoms with Crippen molar-refractivity contribution in [3.05, 3.63) is 35.9 Å². The Hall–Kier alpha value is -3.66. The molecule has 3 aromatic rings. The molecule has 2 aromatic heterocycles. The van der Waals surface area contributed by atoms with Crippen LogP contribution in [0.25, 0.3) is 22.8 Å². The number of nitrogen functional groups attached to an aromatic ring is 1. The lowest BCUT2D eigenvalue weighted by molar-refractivity contribution is 0.0984. The van der Waals surface area contributed by atoms with E-state index in [4.69, 9.17) is 20.4 Å². The molecule has 0 radical (unpaired) electrons. The highest BCUT2D eigenvalue weighted by Gasteiger charge is 2.29. The molecule has 10 nitrogen and oxygen atoms in total. The number of nitrogens with two attached hydrogens (primary N) is 1. The Morgan fingerprint density at radius 1 is 1.24 bits per heavy atom. The first-order valence-corrected chi connectivity index (χ1v) is 11.3. The summed E-state index contributed by atoms with van der Waals surface area (Å²) < 4.78 is 7.58. The summed E-state index contributed by atoms with van der Waals surface area (Å²) >= 11 is 0. The van der Waals surface area contributed by atoms with Crippen molar-refractivity contribution in [1.29, 1.82) is 0 Å². The topological polar surface area (TPSA) is 123 Å². The normalized spacial score (nSPS) is 17.3. The Kier molecular flexibility index (Phi) is 5.59. The number of ether oxygens (including phenoxy) is 1. The number of urea groups is 1. The third-order valence-corrected chi connectivity index (χ3v) is 5.98. The summed E-state index contributed by atoms with van der Waals surface area (Å²) in [6.45, 7) is 7.46. The molecule has 0 spiro atoms. The quantitative estimate of drug-likeness (QED) is 0.560. The average Bonchev–Trinajstić information content (AvgIpc) is 3.20. The Balaban J connectivity index is 1.57. The van der Waals surface area contributed by atoms with Crippen LogP contribution in [-0.4, -0.2) is 58.1 Å². The van der Waals surface area contributed by atoms with Crippen molar-refractivity contribution in [1.82, 2.24) is 25.1 Å². The number of aryl methyl sites for hydroxylation is 1.